The highest BCUT2D eigenvalue weighted by Crippen LogP contribution is 2.27. The Labute approximate surface area is 181 Å². The van der Waals surface area contributed by atoms with E-state index in [1.165, 1.54) is 12.1 Å². The van der Waals surface area contributed by atoms with Crippen molar-refractivity contribution < 1.29 is 13.9 Å². The molecule has 0 radical (unpaired) electrons. The molecule has 0 amide bonds. The predicted molar refractivity (Wildman–Crippen MR) is 119 cm³/mol. The molecule has 2 N–H and O–H groups in total. The first-order valence-corrected chi connectivity index (χ1v) is 9.01. The lowest BCUT2D eigenvalue weighted by Crippen LogP contribution is -2.52. The van der Waals surface area contributed by atoms with E-state index in [0.717, 1.165) is 43.9 Å². The van der Waals surface area contributed by atoms with E-state index >= 15 is 0 Å². The zero-order chi connectivity index (χ0) is 19.2. The summed E-state index contributed by atoms with van der Waals surface area (Å²) in [5, 5.41) is 13.2. The minimum atomic E-state index is -0.567. The van der Waals surface area contributed by atoms with Gasteiger partial charge in [-0.3, -0.25) is 4.99 Å². The number of nitrogens with zero attached hydrogens (tertiary/aromatic N) is 3. The number of hydrogen-bond acceptors (Lipinski definition) is 3. The predicted octanol–water partition coefficient (Wildman–Crippen LogP) is 3.23. The molecule has 1 heterocycles. The third kappa shape index (κ3) is 5.46. The van der Waals surface area contributed by atoms with Crippen LogP contribution in [-0.2, 0) is 6.42 Å². The molecule has 3 rings (SSSR count). The van der Waals surface area contributed by atoms with Crippen molar-refractivity contribution in [2.75, 3.05) is 44.7 Å². The van der Waals surface area contributed by atoms with Crippen molar-refractivity contribution in [3.8, 4) is 5.75 Å². The monoisotopic (exact) mass is 502 g/mol. The van der Waals surface area contributed by atoms with Gasteiger partial charge in [-0.1, -0.05) is 18.2 Å². The smallest absolute Gasteiger partial charge is 0.193 e. The summed E-state index contributed by atoms with van der Waals surface area (Å²) in [6, 6.07) is 11.0. The molecule has 2 aromatic rings. The van der Waals surface area contributed by atoms with Gasteiger partial charge in [-0.2, -0.15) is 0 Å². The van der Waals surface area contributed by atoms with Crippen LogP contribution in [0.15, 0.2) is 47.5 Å². The van der Waals surface area contributed by atoms with Crippen LogP contribution >= 0.6 is 24.0 Å². The molecule has 0 aromatic heterocycles. The fraction of sp³-hybridized carbons (Fsp3) is 0.350. The highest BCUT2D eigenvalue weighted by molar-refractivity contribution is 14.0. The Hall–Kier alpha value is -2.10. The molecule has 5 nitrogen and oxygen atoms in total. The summed E-state index contributed by atoms with van der Waals surface area (Å²) in [5.41, 5.74) is 1.32. The third-order valence-electron chi connectivity index (χ3n) is 4.71. The topological polar surface area (TPSA) is 51.1 Å². The Morgan fingerprint density at radius 2 is 1.82 bits per heavy atom. The first-order chi connectivity index (χ1) is 13.1. The van der Waals surface area contributed by atoms with Crippen LogP contribution in [0.4, 0.5) is 14.5 Å². The first kappa shape index (κ1) is 22.2. The second kappa shape index (κ2) is 10.4. The number of benzene rings is 2. The molecule has 8 heteroatoms. The van der Waals surface area contributed by atoms with E-state index in [0.29, 0.717) is 18.5 Å². The number of hydrogen-bond donors (Lipinski definition) is 2. The van der Waals surface area contributed by atoms with Gasteiger partial charge in [0.2, 0.25) is 0 Å². The Balaban J connectivity index is 0.00000280. The summed E-state index contributed by atoms with van der Waals surface area (Å²) >= 11 is 0. The number of halogens is 3. The molecule has 0 atom stereocenters. The van der Waals surface area contributed by atoms with Gasteiger partial charge in [-0.25, -0.2) is 8.78 Å². The second-order valence-electron chi connectivity index (χ2n) is 6.42. The molecule has 0 spiro atoms. The third-order valence-corrected chi connectivity index (χ3v) is 4.71. The van der Waals surface area contributed by atoms with Crippen LogP contribution in [0.2, 0.25) is 0 Å². The number of phenols is 1. The van der Waals surface area contributed by atoms with Crippen LogP contribution in [0.25, 0.3) is 0 Å². The van der Waals surface area contributed by atoms with Crippen molar-refractivity contribution in [1.29, 1.82) is 0 Å². The fourth-order valence-electron chi connectivity index (χ4n) is 3.26. The second-order valence-corrected chi connectivity index (χ2v) is 6.42. The summed E-state index contributed by atoms with van der Waals surface area (Å²) in [6.07, 6.45) is 0.447. The maximum Gasteiger partial charge on any atom is 0.193 e. The van der Waals surface area contributed by atoms with Crippen molar-refractivity contribution in [2.45, 2.75) is 6.42 Å². The number of nitrogens with one attached hydrogen (secondary N) is 1. The van der Waals surface area contributed by atoms with Crippen LogP contribution in [0.1, 0.15) is 5.56 Å². The lowest BCUT2D eigenvalue weighted by Gasteiger charge is -2.37. The van der Waals surface area contributed by atoms with Crippen LogP contribution in [0.3, 0.4) is 0 Å². The minimum Gasteiger partial charge on any atom is -0.506 e. The zero-order valence-electron chi connectivity index (χ0n) is 15.7. The molecule has 28 heavy (non-hydrogen) atoms. The lowest BCUT2D eigenvalue weighted by atomic mass is 10.1. The number of anilines is 1. The van der Waals surface area contributed by atoms with Crippen LogP contribution in [-0.4, -0.2) is 55.7 Å². The van der Waals surface area contributed by atoms with Gasteiger partial charge in [0, 0.05) is 45.8 Å². The Bertz CT molecular complexity index is 811. The number of piperazine rings is 1. The molecule has 2 aromatic carbocycles. The van der Waals surface area contributed by atoms with Gasteiger partial charge >= 0.3 is 0 Å². The minimum absolute atomic E-state index is 0. The average molecular weight is 502 g/mol. The van der Waals surface area contributed by atoms with Gasteiger partial charge in [-0.15, -0.1) is 24.0 Å². The van der Waals surface area contributed by atoms with E-state index in [-0.39, 0.29) is 29.7 Å². The van der Waals surface area contributed by atoms with E-state index in [1.54, 1.807) is 13.1 Å². The molecular weight excluding hydrogens is 477 g/mol. The molecule has 1 aliphatic heterocycles. The summed E-state index contributed by atoms with van der Waals surface area (Å²) < 4.78 is 26.7. The maximum absolute atomic E-state index is 13.7. The normalized spacial score (nSPS) is 14.6. The molecule has 1 saturated heterocycles. The molecule has 0 unspecified atom stereocenters. The van der Waals surface area contributed by atoms with Gasteiger partial charge in [0.1, 0.15) is 17.4 Å². The number of rotatable bonds is 4. The van der Waals surface area contributed by atoms with Crippen molar-refractivity contribution in [3.05, 3.63) is 59.7 Å². The number of aromatic hydroxyl groups is 1. The first-order valence-electron chi connectivity index (χ1n) is 9.01. The average Bonchev–Trinajstić information content (AvgIpc) is 2.67. The molecule has 0 bridgehead atoms. The van der Waals surface area contributed by atoms with E-state index in [4.69, 9.17) is 0 Å². The molecule has 0 aliphatic carbocycles. The molecule has 1 aliphatic rings. The molecule has 152 valence electrons. The maximum atomic E-state index is 13.7. The van der Waals surface area contributed by atoms with Crippen molar-refractivity contribution in [2.24, 2.45) is 4.99 Å². The quantitative estimate of drug-likeness (QED) is 0.383. The summed E-state index contributed by atoms with van der Waals surface area (Å²) in [6.45, 7) is 3.57. The summed E-state index contributed by atoms with van der Waals surface area (Å²) in [7, 11) is 1.72. The van der Waals surface area contributed by atoms with Gasteiger partial charge in [0.05, 0.1) is 5.69 Å². The SMILES string of the molecule is CN=C(NCCc1ccc(F)cc1F)N1CCN(c2ccccc2O)CC1.I. The van der Waals surface area contributed by atoms with Gasteiger partial charge in [0.15, 0.2) is 5.96 Å². The van der Waals surface area contributed by atoms with Gasteiger partial charge < -0.3 is 20.2 Å². The number of phenolic OH excluding ortho intramolecular Hbond substituents is 1. The standard InChI is InChI=1S/C20H24F2N4O.HI/c1-23-20(24-9-8-15-6-7-16(21)14-17(15)22)26-12-10-25(11-13-26)18-4-2-3-5-19(18)27;/h2-7,14,27H,8-13H2,1H3,(H,23,24);1H. The molecule has 0 saturated carbocycles. The van der Waals surface area contributed by atoms with E-state index in [9.17, 15) is 13.9 Å². The number of aliphatic imine (C=N–C) groups is 1. The van der Waals surface area contributed by atoms with E-state index in [2.05, 4.69) is 20.1 Å². The fourth-order valence-corrected chi connectivity index (χ4v) is 3.26. The Morgan fingerprint density at radius 1 is 1.11 bits per heavy atom. The van der Waals surface area contributed by atoms with Crippen molar-refractivity contribution in [3.63, 3.8) is 0 Å². The highest BCUT2D eigenvalue weighted by Gasteiger charge is 2.21. The van der Waals surface area contributed by atoms with Gasteiger partial charge in [0.25, 0.3) is 0 Å². The number of para-hydroxylation sites is 2. The van der Waals surface area contributed by atoms with Crippen LogP contribution < -0.4 is 10.2 Å². The summed E-state index contributed by atoms with van der Waals surface area (Å²) in [5.74, 6) is -0.0466. The number of guanidine groups is 1. The van der Waals surface area contributed by atoms with Gasteiger partial charge in [-0.05, 0) is 30.2 Å². The van der Waals surface area contributed by atoms with Crippen molar-refractivity contribution >= 4 is 35.6 Å². The van der Waals surface area contributed by atoms with E-state index < -0.39 is 11.6 Å². The van der Waals surface area contributed by atoms with Crippen molar-refractivity contribution in [1.82, 2.24) is 10.2 Å². The highest BCUT2D eigenvalue weighted by atomic mass is 127. The van der Waals surface area contributed by atoms with Crippen LogP contribution in [0.5, 0.6) is 5.75 Å². The zero-order valence-corrected chi connectivity index (χ0v) is 18.1. The Morgan fingerprint density at radius 3 is 2.46 bits per heavy atom. The molecular formula is C20H25F2IN4O. The largest absolute Gasteiger partial charge is 0.506 e. The Kier molecular flexibility index (Phi) is 8.28. The lowest BCUT2D eigenvalue weighted by molar-refractivity contribution is 0.370. The van der Waals surface area contributed by atoms with E-state index in [1.807, 2.05) is 18.2 Å². The molecule has 1 fully saturated rings. The van der Waals surface area contributed by atoms with Crippen LogP contribution in [0, 0.1) is 11.6 Å². The summed E-state index contributed by atoms with van der Waals surface area (Å²) in [4.78, 5) is 8.59.